The van der Waals surface area contributed by atoms with Crippen LogP contribution in [0.2, 0.25) is 0 Å². The van der Waals surface area contributed by atoms with Gasteiger partial charge in [0.05, 0.1) is 11.7 Å². The van der Waals surface area contributed by atoms with Crippen LogP contribution in [0, 0.1) is 11.3 Å². The van der Waals surface area contributed by atoms with Crippen LogP contribution in [0.5, 0.6) is 0 Å². The predicted molar refractivity (Wildman–Crippen MR) is 47.1 cm³/mol. The summed E-state index contributed by atoms with van der Waals surface area (Å²) in [5.41, 5.74) is 1.98. The maximum Gasteiger partial charge on any atom is 0.100 e. The van der Waals surface area contributed by atoms with Crippen molar-refractivity contribution in [3.63, 3.8) is 0 Å². The standard InChI is InChI=1S/C9H9NOS/c10-4-6-5-12-9-3-7(11)1-2-8(6)9/h5,7,11H,1-3H2. The van der Waals surface area contributed by atoms with Gasteiger partial charge in [-0.2, -0.15) is 5.26 Å². The van der Waals surface area contributed by atoms with Crippen molar-refractivity contribution in [3.8, 4) is 6.07 Å². The second kappa shape index (κ2) is 2.89. The molecule has 2 nitrogen and oxygen atoms in total. The van der Waals surface area contributed by atoms with Crippen molar-refractivity contribution in [3.05, 3.63) is 21.4 Å². The quantitative estimate of drug-likeness (QED) is 0.655. The molecule has 0 bridgehead atoms. The van der Waals surface area contributed by atoms with Gasteiger partial charge in [-0.15, -0.1) is 11.3 Å². The molecular formula is C9H9NOS. The first-order chi connectivity index (χ1) is 5.81. The minimum Gasteiger partial charge on any atom is -0.393 e. The minimum atomic E-state index is -0.192. The van der Waals surface area contributed by atoms with Crippen molar-refractivity contribution >= 4 is 11.3 Å². The van der Waals surface area contributed by atoms with Gasteiger partial charge in [0.15, 0.2) is 0 Å². The number of aliphatic hydroxyl groups excluding tert-OH is 1. The van der Waals surface area contributed by atoms with E-state index in [0.717, 1.165) is 24.8 Å². The molecule has 1 unspecified atom stereocenters. The van der Waals surface area contributed by atoms with E-state index in [1.54, 1.807) is 11.3 Å². The summed E-state index contributed by atoms with van der Waals surface area (Å²) in [5.74, 6) is 0. The predicted octanol–water partition coefficient (Wildman–Crippen LogP) is 1.47. The van der Waals surface area contributed by atoms with E-state index in [1.807, 2.05) is 5.38 Å². The lowest BCUT2D eigenvalue weighted by molar-refractivity contribution is 0.160. The molecule has 2 rings (SSSR count). The highest BCUT2D eigenvalue weighted by Gasteiger charge is 2.20. The topological polar surface area (TPSA) is 44.0 Å². The Morgan fingerprint density at radius 1 is 1.67 bits per heavy atom. The van der Waals surface area contributed by atoms with Crippen LogP contribution in [-0.2, 0) is 12.8 Å². The summed E-state index contributed by atoms with van der Waals surface area (Å²) in [5, 5.41) is 20.0. The van der Waals surface area contributed by atoms with Crippen LogP contribution in [-0.4, -0.2) is 11.2 Å². The average molecular weight is 179 g/mol. The SMILES string of the molecule is N#Cc1csc2c1CCC(O)C2. The molecule has 1 N–H and O–H groups in total. The van der Waals surface area contributed by atoms with Gasteiger partial charge in [-0.05, 0) is 18.4 Å². The van der Waals surface area contributed by atoms with Gasteiger partial charge in [0.2, 0.25) is 0 Å². The molecule has 0 saturated carbocycles. The summed E-state index contributed by atoms with van der Waals surface area (Å²) in [6.07, 6.45) is 2.21. The summed E-state index contributed by atoms with van der Waals surface area (Å²) in [6.45, 7) is 0. The molecule has 12 heavy (non-hydrogen) atoms. The summed E-state index contributed by atoms with van der Waals surface area (Å²) in [7, 11) is 0. The Labute approximate surface area is 75.1 Å². The monoisotopic (exact) mass is 179 g/mol. The first-order valence-electron chi connectivity index (χ1n) is 3.98. The number of hydrogen-bond acceptors (Lipinski definition) is 3. The van der Waals surface area contributed by atoms with Crippen molar-refractivity contribution < 1.29 is 5.11 Å². The van der Waals surface area contributed by atoms with Gasteiger partial charge < -0.3 is 5.11 Å². The fourth-order valence-corrected chi connectivity index (χ4v) is 2.69. The Morgan fingerprint density at radius 3 is 3.25 bits per heavy atom. The third kappa shape index (κ3) is 1.13. The van der Waals surface area contributed by atoms with Crippen molar-refractivity contribution in [2.45, 2.75) is 25.4 Å². The maximum atomic E-state index is 9.36. The van der Waals surface area contributed by atoms with E-state index in [0.29, 0.717) is 0 Å². The molecule has 0 fully saturated rings. The van der Waals surface area contributed by atoms with E-state index in [1.165, 1.54) is 10.4 Å². The molecule has 1 heterocycles. The maximum absolute atomic E-state index is 9.36. The number of hydrogen-bond donors (Lipinski definition) is 1. The third-order valence-electron chi connectivity index (χ3n) is 2.25. The first-order valence-corrected chi connectivity index (χ1v) is 4.86. The molecular weight excluding hydrogens is 170 g/mol. The van der Waals surface area contributed by atoms with Crippen LogP contribution < -0.4 is 0 Å². The molecule has 0 aliphatic heterocycles. The Morgan fingerprint density at radius 2 is 2.50 bits per heavy atom. The lowest BCUT2D eigenvalue weighted by Crippen LogP contribution is -2.17. The molecule has 1 atom stereocenters. The number of aliphatic hydroxyl groups is 1. The minimum absolute atomic E-state index is 0.192. The van der Waals surface area contributed by atoms with E-state index < -0.39 is 0 Å². The average Bonchev–Trinajstić information content (AvgIpc) is 2.46. The van der Waals surface area contributed by atoms with Crippen molar-refractivity contribution in [2.24, 2.45) is 0 Å². The summed E-state index contributed by atoms with van der Waals surface area (Å²) in [4.78, 5) is 1.20. The van der Waals surface area contributed by atoms with Gasteiger partial charge >= 0.3 is 0 Å². The molecule has 1 aliphatic carbocycles. The van der Waals surface area contributed by atoms with Gasteiger partial charge in [0, 0.05) is 16.7 Å². The number of nitriles is 1. The summed E-state index contributed by atoms with van der Waals surface area (Å²) < 4.78 is 0. The number of fused-ring (bicyclic) bond motifs is 1. The molecule has 1 aromatic heterocycles. The molecule has 1 aliphatic rings. The highest BCUT2D eigenvalue weighted by atomic mass is 32.1. The Balaban J connectivity index is 2.40. The van der Waals surface area contributed by atoms with Crippen LogP contribution in [0.3, 0.4) is 0 Å². The summed E-state index contributed by atoms with van der Waals surface area (Å²) >= 11 is 1.60. The molecule has 0 saturated heterocycles. The van der Waals surface area contributed by atoms with E-state index in [4.69, 9.17) is 5.26 Å². The van der Waals surface area contributed by atoms with Gasteiger partial charge in [0.1, 0.15) is 6.07 Å². The highest BCUT2D eigenvalue weighted by Crippen LogP contribution is 2.29. The molecule has 62 valence electrons. The fourth-order valence-electron chi connectivity index (χ4n) is 1.59. The van der Waals surface area contributed by atoms with Crippen molar-refractivity contribution in [1.29, 1.82) is 5.26 Å². The molecule has 0 amide bonds. The largest absolute Gasteiger partial charge is 0.393 e. The lowest BCUT2D eigenvalue weighted by Gasteiger charge is -2.16. The normalized spacial score (nSPS) is 21.5. The Kier molecular flexibility index (Phi) is 1.87. The second-order valence-corrected chi connectivity index (χ2v) is 4.02. The van der Waals surface area contributed by atoms with Gasteiger partial charge in [0.25, 0.3) is 0 Å². The lowest BCUT2D eigenvalue weighted by atomic mass is 9.94. The fraction of sp³-hybridized carbons (Fsp3) is 0.444. The van der Waals surface area contributed by atoms with Crippen molar-refractivity contribution in [2.75, 3.05) is 0 Å². The smallest absolute Gasteiger partial charge is 0.100 e. The van der Waals surface area contributed by atoms with Crippen LogP contribution in [0.1, 0.15) is 22.4 Å². The van der Waals surface area contributed by atoms with Gasteiger partial charge in [-0.3, -0.25) is 0 Å². The molecule has 3 heteroatoms. The van der Waals surface area contributed by atoms with Crippen LogP contribution >= 0.6 is 11.3 Å². The van der Waals surface area contributed by atoms with Crippen LogP contribution in [0.15, 0.2) is 5.38 Å². The van der Waals surface area contributed by atoms with E-state index in [2.05, 4.69) is 6.07 Å². The second-order valence-electron chi connectivity index (χ2n) is 3.06. The molecule has 0 radical (unpaired) electrons. The molecule has 1 aromatic rings. The van der Waals surface area contributed by atoms with E-state index >= 15 is 0 Å². The Bertz CT molecular complexity index is 337. The van der Waals surface area contributed by atoms with E-state index in [-0.39, 0.29) is 6.10 Å². The summed E-state index contributed by atoms with van der Waals surface area (Å²) in [6, 6.07) is 2.18. The van der Waals surface area contributed by atoms with E-state index in [9.17, 15) is 5.11 Å². The van der Waals surface area contributed by atoms with Crippen molar-refractivity contribution in [1.82, 2.24) is 0 Å². The third-order valence-corrected chi connectivity index (χ3v) is 3.30. The Hall–Kier alpha value is -0.850. The van der Waals surface area contributed by atoms with Gasteiger partial charge in [-0.1, -0.05) is 0 Å². The highest BCUT2D eigenvalue weighted by molar-refractivity contribution is 7.10. The zero-order chi connectivity index (χ0) is 8.55. The number of rotatable bonds is 0. The first kappa shape index (κ1) is 7.78. The number of nitrogens with zero attached hydrogens (tertiary/aromatic N) is 1. The molecule has 0 aromatic carbocycles. The molecule has 0 spiro atoms. The zero-order valence-corrected chi connectivity index (χ0v) is 7.40. The van der Waals surface area contributed by atoms with Crippen LogP contribution in [0.25, 0.3) is 0 Å². The van der Waals surface area contributed by atoms with Gasteiger partial charge in [-0.25, -0.2) is 0 Å². The number of thiophene rings is 1. The zero-order valence-electron chi connectivity index (χ0n) is 6.58. The van der Waals surface area contributed by atoms with Crippen LogP contribution in [0.4, 0.5) is 0 Å².